The highest BCUT2D eigenvalue weighted by Crippen LogP contribution is 2.20. The summed E-state index contributed by atoms with van der Waals surface area (Å²) in [5.41, 5.74) is 0.388. The highest BCUT2D eigenvalue weighted by molar-refractivity contribution is 5.74. The third-order valence-corrected chi connectivity index (χ3v) is 3.13. The minimum Gasteiger partial charge on any atom is -0.435 e. The fourth-order valence-corrected chi connectivity index (χ4v) is 2.25. The van der Waals surface area contributed by atoms with Gasteiger partial charge in [-0.25, -0.2) is 4.79 Å². The fourth-order valence-electron chi connectivity index (χ4n) is 2.25. The maximum atomic E-state index is 12.2. The number of halogens is 2. The van der Waals surface area contributed by atoms with Crippen LogP contribution in [0.4, 0.5) is 13.6 Å². The Morgan fingerprint density at radius 2 is 2.00 bits per heavy atom. The molecule has 0 aliphatic carbocycles. The first-order valence-corrected chi connectivity index (χ1v) is 7.55. The monoisotopic (exact) mass is 330 g/mol. The Bertz CT molecular complexity index is 498. The summed E-state index contributed by atoms with van der Waals surface area (Å²) in [6.07, 6.45) is -0.162. The van der Waals surface area contributed by atoms with E-state index in [9.17, 15) is 18.7 Å². The summed E-state index contributed by atoms with van der Waals surface area (Å²) in [5.74, 6) is 0.431. The number of hydrogen-bond donors (Lipinski definition) is 3. The van der Waals surface area contributed by atoms with Crippen LogP contribution in [-0.2, 0) is 0 Å². The van der Waals surface area contributed by atoms with Gasteiger partial charge in [-0.3, -0.25) is 0 Å². The minimum atomic E-state index is -2.92. The standard InChI is InChI=1S/C16H24F2N2O3/c1-10(2)7-11(3)20-16(22)19-9-14(21)12-5-4-6-13(8-12)23-15(17)18/h4-6,8,10-11,14-15,21H,7,9H2,1-3H3,(H2,19,20,22). The first kappa shape index (κ1) is 19.2. The van der Waals surface area contributed by atoms with Gasteiger partial charge in [0.1, 0.15) is 5.75 Å². The van der Waals surface area contributed by atoms with Gasteiger partial charge in [-0.05, 0) is 37.0 Å². The lowest BCUT2D eigenvalue weighted by atomic mass is 10.1. The third kappa shape index (κ3) is 7.78. The number of benzene rings is 1. The topological polar surface area (TPSA) is 70.6 Å². The fraction of sp³-hybridized carbons (Fsp3) is 0.562. The lowest BCUT2D eigenvalue weighted by Crippen LogP contribution is -2.42. The van der Waals surface area contributed by atoms with E-state index in [1.165, 1.54) is 18.2 Å². The van der Waals surface area contributed by atoms with Crippen molar-refractivity contribution < 1.29 is 23.4 Å². The van der Waals surface area contributed by atoms with Crippen LogP contribution in [-0.4, -0.2) is 30.3 Å². The van der Waals surface area contributed by atoms with Gasteiger partial charge in [-0.1, -0.05) is 26.0 Å². The van der Waals surface area contributed by atoms with Crippen LogP contribution in [0.1, 0.15) is 38.9 Å². The lowest BCUT2D eigenvalue weighted by molar-refractivity contribution is -0.0499. The molecule has 0 aliphatic rings. The van der Waals surface area contributed by atoms with Crippen molar-refractivity contribution in [3.05, 3.63) is 29.8 Å². The summed E-state index contributed by atoms with van der Waals surface area (Å²) in [4.78, 5) is 11.7. The maximum Gasteiger partial charge on any atom is 0.387 e. The molecule has 0 bridgehead atoms. The zero-order valence-corrected chi connectivity index (χ0v) is 13.6. The molecule has 0 spiro atoms. The quantitative estimate of drug-likeness (QED) is 0.686. The number of ether oxygens (including phenoxy) is 1. The molecule has 0 saturated carbocycles. The average Bonchev–Trinajstić information content (AvgIpc) is 2.43. The Hall–Kier alpha value is -1.89. The van der Waals surface area contributed by atoms with Crippen molar-refractivity contribution in [2.24, 2.45) is 5.92 Å². The van der Waals surface area contributed by atoms with Gasteiger partial charge in [0.05, 0.1) is 6.10 Å². The van der Waals surface area contributed by atoms with Crippen molar-refractivity contribution in [1.29, 1.82) is 0 Å². The van der Waals surface area contributed by atoms with Crippen LogP contribution >= 0.6 is 0 Å². The second-order valence-electron chi connectivity index (χ2n) is 5.85. The maximum absolute atomic E-state index is 12.2. The zero-order chi connectivity index (χ0) is 17.4. The van der Waals surface area contributed by atoms with Gasteiger partial charge in [-0.2, -0.15) is 8.78 Å². The number of aliphatic hydroxyl groups is 1. The number of alkyl halides is 2. The Morgan fingerprint density at radius 1 is 1.30 bits per heavy atom. The Balaban J connectivity index is 2.47. The molecule has 7 heteroatoms. The Kier molecular flexibility index (Phi) is 7.74. The largest absolute Gasteiger partial charge is 0.435 e. The summed E-state index contributed by atoms with van der Waals surface area (Å²) in [6, 6.07) is 5.41. The predicted molar refractivity (Wildman–Crippen MR) is 83.5 cm³/mol. The summed E-state index contributed by atoms with van der Waals surface area (Å²) in [6.45, 7) is 3.08. The van der Waals surface area contributed by atoms with Crippen LogP contribution in [0.25, 0.3) is 0 Å². The van der Waals surface area contributed by atoms with Gasteiger partial charge in [0.25, 0.3) is 0 Å². The van der Waals surface area contributed by atoms with E-state index in [1.807, 2.05) is 6.92 Å². The van der Waals surface area contributed by atoms with E-state index in [2.05, 4.69) is 29.2 Å². The molecule has 23 heavy (non-hydrogen) atoms. The number of urea groups is 1. The zero-order valence-electron chi connectivity index (χ0n) is 13.6. The van der Waals surface area contributed by atoms with Crippen LogP contribution in [0.15, 0.2) is 24.3 Å². The SMILES string of the molecule is CC(C)CC(C)NC(=O)NCC(O)c1cccc(OC(F)F)c1. The molecule has 1 rings (SSSR count). The van der Waals surface area contributed by atoms with E-state index >= 15 is 0 Å². The molecule has 3 N–H and O–H groups in total. The summed E-state index contributed by atoms with van der Waals surface area (Å²) in [7, 11) is 0. The van der Waals surface area contributed by atoms with Crippen molar-refractivity contribution in [3.63, 3.8) is 0 Å². The minimum absolute atomic E-state index is 0.0231. The Morgan fingerprint density at radius 3 is 2.61 bits per heavy atom. The number of aliphatic hydroxyl groups excluding tert-OH is 1. The molecule has 2 atom stereocenters. The first-order chi connectivity index (χ1) is 10.8. The normalized spacial score (nSPS) is 13.7. The molecular weight excluding hydrogens is 306 g/mol. The van der Waals surface area contributed by atoms with Crippen LogP contribution in [0.3, 0.4) is 0 Å². The number of rotatable bonds is 8. The van der Waals surface area contributed by atoms with E-state index in [4.69, 9.17) is 0 Å². The number of carbonyl (C=O) groups excluding carboxylic acids is 1. The second-order valence-corrected chi connectivity index (χ2v) is 5.85. The van der Waals surface area contributed by atoms with Crippen molar-refractivity contribution in [1.82, 2.24) is 10.6 Å². The van der Waals surface area contributed by atoms with Crippen molar-refractivity contribution in [2.45, 2.75) is 45.9 Å². The van der Waals surface area contributed by atoms with Crippen LogP contribution in [0, 0.1) is 5.92 Å². The molecule has 0 heterocycles. The van der Waals surface area contributed by atoms with E-state index in [0.29, 0.717) is 11.5 Å². The molecule has 1 aromatic rings. The number of amides is 2. The molecule has 1 aromatic carbocycles. The van der Waals surface area contributed by atoms with Gasteiger partial charge < -0.3 is 20.5 Å². The van der Waals surface area contributed by atoms with Crippen molar-refractivity contribution in [3.8, 4) is 5.75 Å². The first-order valence-electron chi connectivity index (χ1n) is 7.55. The molecule has 130 valence electrons. The lowest BCUT2D eigenvalue weighted by Gasteiger charge is -2.18. The smallest absolute Gasteiger partial charge is 0.387 e. The highest BCUT2D eigenvalue weighted by Gasteiger charge is 2.13. The van der Waals surface area contributed by atoms with Gasteiger partial charge in [0, 0.05) is 12.6 Å². The predicted octanol–water partition coefficient (Wildman–Crippen LogP) is 3.06. The van der Waals surface area contributed by atoms with E-state index in [-0.39, 0.29) is 24.4 Å². The van der Waals surface area contributed by atoms with Crippen LogP contribution in [0.2, 0.25) is 0 Å². The molecule has 2 unspecified atom stereocenters. The van der Waals surface area contributed by atoms with Crippen LogP contribution < -0.4 is 15.4 Å². The number of nitrogens with one attached hydrogen (secondary N) is 2. The van der Waals surface area contributed by atoms with Gasteiger partial charge in [-0.15, -0.1) is 0 Å². The van der Waals surface area contributed by atoms with E-state index < -0.39 is 12.7 Å². The molecule has 0 aromatic heterocycles. The van der Waals surface area contributed by atoms with Gasteiger partial charge >= 0.3 is 12.6 Å². The molecule has 0 aliphatic heterocycles. The third-order valence-electron chi connectivity index (χ3n) is 3.13. The molecule has 2 amide bonds. The number of carbonyl (C=O) groups is 1. The average molecular weight is 330 g/mol. The van der Waals surface area contributed by atoms with Crippen molar-refractivity contribution in [2.75, 3.05) is 6.54 Å². The molecule has 0 fully saturated rings. The van der Waals surface area contributed by atoms with Crippen LogP contribution in [0.5, 0.6) is 5.75 Å². The highest BCUT2D eigenvalue weighted by atomic mass is 19.3. The van der Waals surface area contributed by atoms with E-state index in [1.54, 1.807) is 6.07 Å². The Labute approximate surface area is 135 Å². The van der Waals surface area contributed by atoms with Gasteiger partial charge in [0.15, 0.2) is 0 Å². The summed E-state index contributed by atoms with van der Waals surface area (Å²) < 4.78 is 28.6. The van der Waals surface area contributed by atoms with Gasteiger partial charge in [0.2, 0.25) is 0 Å². The molecule has 5 nitrogen and oxygen atoms in total. The molecule has 0 saturated heterocycles. The van der Waals surface area contributed by atoms with Crippen molar-refractivity contribution >= 4 is 6.03 Å². The second kappa shape index (κ2) is 9.29. The summed E-state index contributed by atoms with van der Waals surface area (Å²) >= 11 is 0. The molecule has 0 radical (unpaired) electrons. The molecular formula is C16H24F2N2O3. The van der Waals surface area contributed by atoms with E-state index in [0.717, 1.165) is 6.42 Å². The number of hydrogen-bond acceptors (Lipinski definition) is 3. The summed E-state index contributed by atoms with van der Waals surface area (Å²) in [5, 5.41) is 15.3.